The third-order valence-corrected chi connectivity index (χ3v) is 5.27. The van der Waals surface area contributed by atoms with Gasteiger partial charge in [0.2, 0.25) is 0 Å². The number of carbonyl (C=O) groups is 1. The van der Waals surface area contributed by atoms with Crippen LogP contribution in [0.25, 0.3) is 0 Å². The molecule has 1 aliphatic carbocycles. The predicted molar refractivity (Wildman–Crippen MR) is 110 cm³/mol. The highest BCUT2D eigenvalue weighted by Gasteiger charge is 2.22. The predicted octanol–water partition coefficient (Wildman–Crippen LogP) is 5.42. The van der Waals surface area contributed by atoms with Crippen molar-refractivity contribution in [1.82, 2.24) is 0 Å². The van der Waals surface area contributed by atoms with Crippen molar-refractivity contribution in [2.75, 3.05) is 13.2 Å². The SMILES string of the molecule is CCCOC1CCC(COc2ccc(C(=O)Oc3cc(F)c(C#N)c(F)c3)cc2)CC1. The summed E-state index contributed by atoms with van der Waals surface area (Å²) in [6.07, 6.45) is 5.63. The Bertz CT molecular complexity index is 909. The number of halogens is 2. The Labute approximate surface area is 180 Å². The zero-order valence-corrected chi connectivity index (χ0v) is 17.4. The molecule has 2 aromatic rings. The number of benzene rings is 2. The van der Waals surface area contributed by atoms with E-state index >= 15 is 0 Å². The molecule has 1 saturated carbocycles. The van der Waals surface area contributed by atoms with E-state index in [1.165, 1.54) is 18.2 Å². The van der Waals surface area contributed by atoms with Gasteiger partial charge in [0.15, 0.2) is 0 Å². The molecule has 3 rings (SSSR count). The van der Waals surface area contributed by atoms with Crippen molar-refractivity contribution in [1.29, 1.82) is 5.26 Å². The molecule has 0 atom stereocenters. The van der Waals surface area contributed by atoms with Gasteiger partial charge in [-0.25, -0.2) is 13.6 Å². The molecular weight excluding hydrogens is 404 g/mol. The van der Waals surface area contributed by atoms with Gasteiger partial charge >= 0.3 is 5.97 Å². The lowest BCUT2D eigenvalue weighted by molar-refractivity contribution is 0.0132. The van der Waals surface area contributed by atoms with Crippen LogP contribution >= 0.6 is 0 Å². The lowest BCUT2D eigenvalue weighted by Gasteiger charge is -2.28. The molecule has 2 aromatic carbocycles. The second-order valence-electron chi connectivity index (χ2n) is 7.61. The van der Waals surface area contributed by atoms with Crippen LogP contribution in [-0.2, 0) is 4.74 Å². The van der Waals surface area contributed by atoms with Crippen LogP contribution in [0, 0.1) is 28.9 Å². The molecule has 0 spiro atoms. The van der Waals surface area contributed by atoms with Crippen molar-refractivity contribution in [2.45, 2.75) is 45.1 Å². The molecule has 1 fully saturated rings. The van der Waals surface area contributed by atoms with Gasteiger partial charge in [-0.3, -0.25) is 0 Å². The molecule has 0 bridgehead atoms. The Balaban J connectivity index is 1.49. The van der Waals surface area contributed by atoms with Crippen LogP contribution in [0.5, 0.6) is 11.5 Å². The van der Waals surface area contributed by atoms with E-state index in [9.17, 15) is 13.6 Å². The van der Waals surface area contributed by atoms with Crippen molar-refractivity contribution >= 4 is 5.97 Å². The summed E-state index contributed by atoms with van der Waals surface area (Å²) in [6.45, 7) is 3.53. The maximum atomic E-state index is 13.7. The zero-order valence-electron chi connectivity index (χ0n) is 17.4. The highest BCUT2D eigenvalue weighted by Crippen LogP contribution is 2.27. The van der Waals surface area contributed by atoms with Crippen molar-refractivity contribution in [3.8, 4) is 17.6 Å². The van der Waals surface area contributed by atoms with E-state index in [-0.39, 0.29) is 11.3 Å². The van der Waals surface area contributed by atoms with Gasteiger partial charge in [0.1, 0.15) is 34.8 Å². The fraction of sp³-hybridized carbons (Fsp3) is 0.417. The summed E-state index contributed by atoms with van der Waals surface area (Å²) in [5.41, 5.74) is -0.505. The molecule has 0 N–H and O–H groups in total. The third kappa shape index (κ3) is 6.25. The third-order valence-electron chi connectivity index (χ3n) is 5.27. The molecule has 0 radical (unpaired) electrons. The maximum absolute atomic E-state index is 13.7. The van der Waals surface area contributed by atoms with E-state index in [0.717, 1.165) is 50.8 Å². The quantitative estimate of drug-likeness (QED) is 0.414. The van der Waals surface area contributed by atoms with Crippen LogP contribution in [0.2, 0.25) is 0 Å². The largest absolute Gasteiger partial charge is 0.493 e. The molecule has 5 nitrogen and oxygen atoms in total. The Morgan fingerprint density at radius 2 is 1.71 bits per heavy atom. The van der Waals surface area contributed by atoms with Crippen LogP contribution in [0.3, 0.4) is 0 Å². The van der Waals surface area contributed by atoms with Gasteiger partial charge in [0.25, 0.3) is 0 Å². The van der Waals surface area contributed by atoms with Gasteiger partial charge in [0, 0.05) is 18.7 Å². The molecule has 0 saturated heterocycles. The highest BCUT2D eigenvalue weighted by molar-refractivity contribution is 5.91. The number of carbonyl (C=O) groups excluding carboxylic acids is 1. The average Bonchev–Trinajstić information content (AvgIpc) is 2.77. The van der Waals surface area contributed by atoms with E-state index in [4.69, 9.17) is 19.5 Å². The van der Waals surface area contributed by atoms with E-state index in [0.29, 0.717) is 24.4 Å². The summed E-state index contributed by atoms with van der Waals surface area (Å²) in [5.74, 6) is -2.12. The normalized spacial score (nSPS) is 18.3. The van der Waals surface area contributed by atoms with Crippen LogP contribution in [0.4, 0.5) is 8.78 Å². The maximum Gasteiger partial charge on any atom is 0.343 e. The van der Waals surface area contributed by atoms with E-state index in [1.54, 1.807) is 12.1 Å². The second-order valence-corrected chi connectivity index (χ2v) is 7.61. The summed E-state index contributed by atoms with van der Waals surface area (Å²) in [5, 5.41) is 8.69. The molecule has 0 heterocycles. The Kier molecular flexibility index (Phi) is 7.96. The first-order valence-electron chi connectivity index (χ1n) is 10.5. The van der Waals surface area contributed by atoms with Crippen LogP contribution in [0.1, 0.15) is 54.9 Å². The number of ether oxygens (including phenoxy) is 3. The molecule has 7 heteroatoms. The van der Waals surface area contributed by atoms with Gasteiger partial charge in [-0.2, -0.15) is 5.26 Å². The van der Waals surface area contributed by atoms with Gasteiger partial charge in [-0.15, -0.1) is 0 Å². The number of hydrogen-bond donors (Lipinski definition) is 0. The molecule has 0 amide bonds. The lowest BCUT2D eigenvalue weighted by Crippen LogP contribution is -2.25. The standard InChI is InChI=1S/C24H25F2NO4/c1-2-11-29-18-7-3-16(4-8-18)15-30-19-9-5-17(6-10-19)24(28)31-20-12-22(25)21(14-27)23(26)13-20/h5-6,9-10,12-13,16,18H,2-4,7-8,11,15H2,1H3. The summed E-state index contributed by atoms with van der Waals surface area (Å²) in [7, 11) is 0. The van der Waals surface area contributed by atoms with Crippen molar-refractivity contribution < 1.29 is 27.8 Å². The molecule has 31 heavy (non-hydrogen) atoms. The fourth-order valence-electron chi connectivity index (χ4n) is 3.53. The van der Waals surface area contributed by atoms with E-state index in [2.05, 4.69) is 6.92 Å². The fourth-order valence-corrected chi connectivity index (χ4v) is 3.53. The smallest absolute Gasteiger partial charge is 0.343 e. The lowest BCUT2D eigenvalue weighted by atomic mass is 9.88. The number of hydrogen-bond acceptors (Lipinski definition) is 5. The Morgan fingerprint density at radius 1 is 1.06 bits per heavy atom. The minimum absolute atomic E-state index is 0.214. The molecule has 164 valence electrons. The summed E-state index contributed by atoms with van der Waals surface area (Å²) in [4.78, 5) is 12.2. The van der Waals surface area contributed by atoms with Crippen LogP contribution < -0.4 is 9.47 Å². The van der Waals surface area contributed by atoms with Gasteiger partial charge in [0.05, 0.1) is 18.3 Å². The summed E-state index contributed by atoms with van der Waals surface area (Å²) < 4.78 is 44.0. The Morgan fingerprint density at radius 3 is 2.29 bits per heavy atom. The van der Waals surface area contributed by atoms with Gasteiger partial charge in [-0.1, -0.05) is 6.92 Å². The number of nitriles is 1. The van der Waals surface area contributed by atoms with Crippen molar-refractivity contribution in [2.24, 2.45) is 5.92 Å². The summed E-state index contributed by atoms with van der Waals surface area (Å²) in [6, 6.07) is 9.41. The van der Waals surface area contributed by atoms with Crippen LogP contribution in [0.15, 0.2) is 36.4 Å². The molecule has 1 aliphatic rings. The first kappa shape index (κ1) is 22.7. The highest BCUT2D eigenvalue weighted by atomic mass is 19.1. The van der Waals surface area contributed by atoms with Crippen molar-refractivity contribution in [3.05, 3.63) is 59.2 Å². The molecular formula is C24H25F2NO4. The number of esters is 1. The van der Waals surface area contributed by atoms with Gasteiger partial charge < -0.3 is 14.2 Å². The topological polar surface area (TPSA) is 68.6 Å². The number of nitrogens with zero attached hydrogens (tertiary/aromatic N) is 1. The average molecular weight is 429 g/mol. The first-order chi connectivity index (χ1) is 15.0. The van der Waals surface area contributed by atoms with Crippen LogP contribution in [-0.4, -0.2) is 25.3 Å². The molecule has 0 aromatic heterocycles. The van der Waals surface area contributed by atoms with Crippen molar-refractivity contribution in [3.63, 3.8) is 0 Å². The van der Waals surface area contributed by atoms with Gasteiger partial charge in [-0.05, 0) is 62.3 Å². The monoisotopic (exact) mass is 429 g/mol. The second kappa shape index (κ2) is 10.9. The first-order valence-corrected chi connectivity index (χ1v) is 10.5. The number of rotatable bonds is 8. The minimum atomic E-state index is -1.08. The molecule has 0 unspecified atom stereocenters. The van der Waals surface area contributed by atoms with E-state index < -0.39 is 23.2 Å². The molecule has 0 aliphatic heterocycles. The zero-order chi connectivity index (χ0) is 22.2. The van der Waals surface area contributed by atoms with E-state index in [1.807, 2.05) is 0 Å². The summed E-state index contributed by atoms with van der Waals surface area (Å²) >= 11 is 0. The Hall–Kier alpha value is -2.98. The minimum Gasteiger partial charge on any atom is -0.493 e.